The van der Waals surface area contributed by atoms with Gasteiger partial charge in [0, 0.05) is 34.5 Å². The van der Waals surface area contributed by atoms with E-state index in [4.69, 9.17) is 28.4 Å². The van der Waals surface area contributed by atoms with E-state index in [0.717, 1.165) is 36.4 Å². The quantitative estimate of drug-likeness (QED) is 0.0460. The van der Waals surface area contributed by atoms with Gasteiger partial charge in [-0.05, 0) is 110 Å². The molecule has 0 unspecified atom stereocenters. The van der Waals surface area contributed by atoms with E-state index >= 15 is 0 Å². The van der Waals surface area contributed by atoms with E-state index in [9.17, 15) is 28.8 Å². The van der Waals surface area contributed by atoms with Gasteiger partial charge >= 0.3 is 23.9 Å². The van der Waals surface area contributed by atoms with Crippen LogP contribution in [0.1, 0.15) is 73.1 Å². The summed E-state index contributed by atoms with van der Waals surface area (Å²) in [5.74, 6) is -1.35. The monoisotopic (exact) mass is 800 g/mol. The first kappa shape index (κ1) is 41.6. The van der Waals surface area contributed by atoms with Gasteiger partial charge < -0.3 is 28.4 Å². The molecule has 14 heteroatoms. The minimum Gasteiger partial charge on any atom is -0.457 e. The molecule has 12 nitrogen and oxygen atoms in total. The Balaban J connectivity index is 1.08. The number of benzene rings is 4. The molecule has 0 saturated heterocycles. The molecule has 0 spiro atoms. The fourth-order valence-corrected chi connectivity index (χ4v) is 7.34. The van der Waals surface area contributed by atoms with Crippen LogP contribution in [0.15, 0.2) is 107 Å². The lowest BCUT2D eigenvalue weighted by atomic mass is 9.81. The van der Waals surface area contributed by atoms with Crippen LogP contribution in [0.25, 0.3) is 0 Å². The van der Waals surface area contributed by atoms with Crippen molar-refractivity contribution in [2.45, 2.75) is 62.2 Å². The number of thioether (sulfide) groups is 2. The molecular weight excluding hydrogens is 761 g/mol. The summed E-state index contributed by atoms with van der Waals surface area (Å²) >= 11 is 2.13. The normalized spacial score (nSPS) is 14.8. The van der Waals surface area contributed by atoms with Crippen LogP contribution in [0.3, 0.4) is 0 Å². The van der Waals surface area contributed by atoms with Gasteiger partial charge in [0.2, 0.25) is 13.6 Å². The van der Waals surface area contributed by atoms with Crippen molar-refractivity contribution in [3.63, 3.8) is 0 Å². The Morgan fingerprint density at radius 3 is 1.18 bits per heavy atom. The molecule has 4 aromatic rings. The Hall–Kier alpha value is -5.60. The zero-order chi connectivity index (χ0) is 39.9. The molecule has 292 valence electrons. The summed E-state index contributed by atoms with van der Waals surface area (Å²) in [6, 6.07) is 25.6. The molecule has 1 aliphatic carbocycles. The van der Waals surface area contributed by atoms with Crippen molar-refractivity contribution in [3.05, 3.63) is 108 Å². The number of rotatable bonds is 16. The van der Waals surface area contributed by atoms with E-state index in [0.29, 0.717) is 56.8 Å². The minimum atomic E-state index is -0.578. The number of hydrogen-bond acceptors (Lipinski definition) is 14. The Morgan fingerprint density at radius 1 is 0.500 bits per heavy atom. The lowest BCUT2D eigenvalue weighted by Gasteiger charge is -2.28. The number of esters is 4. The van der Waals surface area contributed by atoms with Gasteiger partial charge in [0.15, 0.2) is 10.2 Å². The molecule has 0 amide bonds. The van der Waals surface area contributed by atoms with E-state index in [1.165, 1.54) is 24.3 Å². The summed E-state index contributed by atoms with van der Waals surface area (Å²) in [4.78, 5) is 76.1. The highest BCUT2D eigenvalue weighted by atomic mass is 32.2. The Bertz CT molecular complexity index is 1830. The summed E-state index contributed by atoms with van der Waals surface area (Å²) in [6.45, 7) is 2.91. The maximum Gasteiger partial charge on any atom is 0.343 e. The van der Waals surface area contributed by atoms with Crippen LogP contribution in [-0.2, 0) is 28.7 Å². The third-order valence-corrected chi connectivity index (χ3v) is 10.5. The predicted octanol–water partition coefficient (Wildman–Crippen LogP) is 8.45. The SMILES string of the molecule is CCC(=O)OCOc1ccc(C(=O)Oc2ccc(SC(=O)[C@H]3CCCC[C@@H]3C(=O)Sc3ccc(OC(=O)c4ccc(OCOC(=O)CC)cc4)cc3)cc2)cc1. The van der Waals surface area contributed by atoms with Crippen LogP contribution >= 0.6 is 23.5 Å². The van der Waals surface area contributed by atoms with Crippen LogP contribution in [0.4, 0.5) is 0 Å². The highest BCUT2D eigenvalue weighted by molar-refractivity contribution is 8.14. The Morgan fingerprint density at radius 2 is 0.839 bits per heavy atom. The Kier molecular flexibility index (Phi) is 15.5. The summed E-state index contributed by atoms with van der Waals surface area (Å²) in [5, 5.41) is -0.191. The smallest absolute Gasteiger partial charge is 0.343 e. The fourth-order valence-electron chi connectivity index (χ4n) is 5.47. The van der Waals surface area contributed by atoms with Gasteiger partial charge in [-0.15, -0.1) is 0 Å². The summed E-state index contributed by atoms with van der Waals surface area (Å²) in [7, 11) is 0. The topological polar surface area (TPSA) is 158 Å². The highest BCUT2D eigenvalue weighted by Crippen LogP contribution is 2.40. The number of carbonyl (C=O) groups excluding carboxylic acids is 6. The van der Waals surface area contributed by atoms with Crippen LogP contribution < -0.4 is 18.9 Å². The fraction of sp³-hybridized carbons (Fsp3) is 0.286. The molecule has 0 aromatic heterocycles. The van der Waals surface area contributed by atoms with E-state index in [1.54, 1.807) is 86.6 Å². The summed E-state index contributed by atoms with van der Waals surface area (Å²) in [5.41, 5.74) is 0.587. The van der Waals surface area contributed by atoms with E-state index < -0.39 is 23.8 Å². The van der Waals surface area contributed by atoms with Crippen LogP contribution in [0.5, 0.6) is 23.0 Å². The van der Waals surface area contributed by atoms with Gasteiger partial charge in [0.25, 0.3) is 0 Å². The van der Waals surface area contributed by atoms with Crippen molar-refractivity contribution in [2.75, 3.05) is 13.6 Å². The van der Waals surface area contributed by atoms with Crippen molar-refractivity contribution in [1.29, 1.82) is 0 Å². The van der Waals surface area contributed by atoms with E-state index in [-0.39, 0.29) is 48.6 Å². The molecule has 1 fully saturated rings. The van der Waals surface area contributed by atoms with Crippen molar-refractivity contribution in [3.8, 4) is 23.0 Å². The first-order valence-electron chi connectivity index (χ1n) is 18.0. The first-order valence-corrected chi connectivity index (χ1v) is 19.6. The second-order valence-electron chi connectivity index (χ2n) is 12.4. The standard InChI is InChI=1S/C42H40O12S2/c1-3-37(43)51-25-49-29-13-9-27(10-14-29)39(45)53-31-17-21-33(22-18-31)55-41(47)35-7-5-6-8-36(35)42(48)56-34-23-19-32(20-24-34)54-40(46)28-11-15-30(16-12-28)50-26-52-38(44)4-2/h9-24,35-36H,3-8,25-26H2,1-2H3/t35-,36-/m0/s1. The second kappa shape index (κ2) is 20.9. The maximum absolute atomic E-state index is 13.5. The van der Waals surface area contributed by atoms with Crippen molar-refractivity contribution in [1.82, 2.24) is 0 Å². The van der Waals surface area contributed by atoms with Gasteiger partial charge in [-0.3, -0.25) is 19.2 Å². The number of hydrogen-bond donors (Lipinski definition) is 0. The highest BCUT2D eigenvalue weighted by Gasteiger charge is 2.36. The van der Waals surface area contributed by atoms with Gasteiger partial charge in [-0.2, -0.15) is 0 Å². The molecule has 0 aliphatic heterocycles. The third kappa shape index (κ3) is 12.5. The third-order valence-electron chi connectivity index (χ3n) is 8.53. The largest absolute Gasteiger partial charge is 0.457 e. The van der Waals surface area contributed by atoms with E-state index in [1.807, 2.05) is 0 Å². The van der Waals surface area contributed by atoms with Gasteiger partial charge in [0.1, 0.15) is 23.0 Å². The van der Waals surface area contributed by atoms with Crippen LogP contribution in [0.2, 0.25) is 0 Å². The molecule has 4 aromatic carbocycles. The molecule has 0 heterocycles. The van der Waals surface area contributed by atoms with Gasteiger partial charge in [-0.25, -0.2) is 9.59 Å². The summed E-state index contributed by atoms with van der Waals surface area (Å²) < 4.78 is 31.4. The average molecular weight is 801 g/mol. The number of carbonyl (C=O) groups is 6. The molecule has 1 saturated carbocycles. The van der Waals surface area contributed by atoms with Crippen molar-refractivity contribution >= 4 is 57.6 Å². The molecule has 0 N–H and O–H groups in total. The van der Waals surface area contributed by atoms with E-state index in [2.05, 4.69) is 0 Å². The molecule has 56 heavy (non-hydrogen) atoms. The maximum atomic E-state index is 13.5. The number of ether oxygens (including phenoxy) is 6. The van der Waals surface area contributed by atoms with Crippen molar-refractivity contribution in [2.24, 2.45) is 11.8 Å². The second-order valence-corrected chi connectivity index (χ2v) is 14.5. The average Bonchev–Trinajstić information content (AvgIpc) is 3.22. The first-order chi connectivity index (χ1) is 27.1. The zero-order valence-corrected chi connectivity index (χ0v) is 32.4. The molecule has 0 bridgehead atoms. The lowest BCUT2D eigenvalue weighted by Crippen LogP contribution is -2.30. The minimum absolute atomic E-state index is 0.0954. The van der Waals surface area contributed by atoms with Crippen LogP contribution in [-0.4, -0.2) is 47.7 Å². The van der Waals surface area contributed by atoms with Crippen molar-refractivity contribution < 1.29 is 57.2 Å². The molecule has 1 aliphatic rings. The summed E-state index contributed by atoms with van der Waals surface area (Å²) in [6.07, 6.45) is 3.41. The lowest BCUT2D eigenvalue weighted by molar-refractivity contribution is -0.150. The van der Waals surface area contributed by atoms with Gasteiger partial charge in [0.05, 0.1) is 11.1 Å². The van der Waals surface area contributed by atoms with Gasteiger partial charge in [-0.1, -0.05) is 50.2 Å². The Labute approximate surface area is 332 Å². The molecule has 5 rings (SSSR count). The zero-order valence-electron chi connectivity index (χ0n) is 30.8. The molecular formula is C42H40O12S2. The predicted molar refractivity (Wildman–Crippen MR) is 207 cm³/mol. The van der Waals surface area contributed by atoms with Crippen LogP contribution in [0, 0.1) is 11.8 Å². The molecule has 2 atom stereocenters. The molecule has 0 radical (unpaired) electrons.